The van der Waals surface area contributed by atoms with Crippen LogP contribution in [0.25, 0.3) is 0 Å². The number of hydrogen-bond acceptors (Lipinski definition) is 2. The van der Waals surface area contributed by atoms with Crippen LogP contribution in [0.5, 0.6) is 0 Å². The zero-order chi connectivity index (χ0) is 11.5. The van der Waals surface area contributed by atoms with Gasteiger partial charge in [0.05, 0.1) is 4.88 Å². The second kappa shape index (κ2) is 4.45. The minimum atomic E-state index is -0.299. The number of amides is 1. The second-order valence-electron chi connectivity index (χ2n) is 3.39. The molecule has 0 radical (unpaired) electrons. The second-order valence-corrected chi connectivity index (χ2v) is 4.34. The standard InChI is InChI=1S/C12H10FNOS/c1-8-7-9(13)4-5-10(8)14-12(15)11-3-2-6-16-11/h2-7H,1H3,(H,14,15). The maximum absolute atomic E-state index is 12.8. The maximum Gasteiger partial charge on any atom is 0.265 e. The van der Waals surface area contributed by atoms with Crippen LogP contribution in [0.2, 0.25) is 0 Å². The molecular formula is C12H10FNOS. The van der Waals surface area contributed by atoms with Crippen molar-refractivity contribution in [2.24, 2.45) is 0 Å². The lowest BCUT2D eigenvalue weighted by molar-refractivity contribution is 0.103. The van der Waals surface area contributed by atoms with Gasteiger partial charge in [0.2, 0.25) is 0 Å². The van der Waals surface area contributed by atoms with Crippen molar-refractivity contribution in [2.75, 3.05) is 5.32 Å². The van der Waals surface area contributed by atoms with E-state index in [1.54, 1.807) is 19.1 Å². The summed E-state index contributed by atoms with van der Waals surface area (Å²) < 4.78 is 12.8. The van der Waals surface area contributed by atoms with Gasteiger partial charge in [-0.05, 0) is 42.1 Å². The van der Waals surface area contributed by atoms with Crippen molar-refractivity contribution in [3.63, 3.8) is 0 Å². The first-order chi connectivity index (χ1) is 7.66. The van der Waals surface area contributed by atoms with Gasteiger partial charge in [0, 0.05) is 5.69 Å². The molecule has 1 N–H and O–H groups in total. The number of thiophene rings is 1. The molecule has 1 heterocycles. The topological polar surface area (TPSA) is 29.1 Å². The average molecular weight is 235 g/mol. The number of rotatable bonds is 2. The molecule has 0 aliphatic carbocycles. The number of hydrogen-bond donors (Lipinski definition) is 1. The third kappa shape index (κ3) is 2.28. The lowest BCUT2D eigenvalue weighted by atomic mass is 10.2. The summed E-state index contributed by atoms with van der Waals surface area (Å²) in [4.78, 5) is 12.4. The number of anilines is 1. The molecule has 2 aromatic rings. The van der Waals surface area contributed by atoms with Crippen molar-refractivity contribution in [3.8, 4) is 0 Å². The summed E-state index contributed by atoms with van der Waals surface area (Å²) in [7, 11) is 0. The van der Waals surface area contributed by atoms with E-state index in [-0.39, 0.29) is 11.7 Å². The smallest absolute Gasteiger partial charge is 0.265 e. The van der Waals surface area contributed by atoms with Crippen LogP contribution < -0.4 is 5.32 Å². The Kier molecular flexibility index (Phi) is 3.01. The Morgan fingerprint density at radius 3 is 2.81 bits per heavy atom. The Labute approximate surface area is 96.7 Å². The van der Waals surface area contributed by atoms with Crippen LogP contribution in [0.3, 0.4) is 0 Å². The van der Waals surface area contributed by atoms with Crippen LogP contribution >= 0.6 is 11.3 Å². The van der Waals surface area contributed by atoms with Crippen LogP contribution in [0.1, 0.15) is 15.2 Å². The van der Waals surface area contributed by atoms with Crippen LogP contribution in [0.15, 0.2) is 35.7 Å². The third-order valence-corrected chi connectivity index (χ3v) is 3.05. The normalized spacial score (nSPS) is 10.1. The van der Waals surface area contributed by atoms with Gasteiger partial charge < -0.3 is 5.32 Å². The van der Waals surface area contributed by atoms with Gasteiger partial charge in [0.15, 0.2) is 0 Å². The molecule has 16 heavy (non-hydrogen) atoms. The summed E-state index contributed by atoms with van der Waals surface area (Å²) in [5, 5.41) is 4.58. The molecule has 0 saturated carbocycles. The fourth-order valence-corrected chi connectivity index (χ4v) is 1.98. The first kappa shape index (κ1) is 10.8. The predicted molar refractivity (Wildman–Crippen MR) is 63.4 cm³/mol. The van der Waals surface area contributed by atoms with E-state index in [0.717, 1.165) is 0 Å². The van der Waals surface area contributed by atoms with E-state index in [4.69, 9.17) is 0 Å². The number of benzene rings is 1. The fraction of sp³-hybridized carbons (Fsp3) is 0.0833. The first-order valence-corrected chi connectivity index (χ1v) is 5.66. The molecule has 0 bridgehead atoms. The van der Waals surface area contributed by atoms with Crippen LogP contribution in [0, 0.1) is 12.7 Å². The van der Waals surface area contributed by atoms with E-state index in [0.29, 0.717) is 16.1 Å². The van der Waals surface area contributed by atoms with Crippen molar-refractivity contribution in [3.05, 3.63) is 52.0 Å². The fourth-order valence-electron chi connectivity index (χ4n) is 1.36. The Morgan fingerprint density at radius 2 is 2.19 bits per heavy atom. The summed E-state index contributed by atoms with van der Waals surface area (Å²) in [6.45, 7) is 1.76. The zero-order valence-corrected chi connectivity index (χ0v) is 9.48. The van der Waals surface area contributed by atoms with E-state index in [9.17, 15) is 9.18 Å². The highest BCUT2D eigenvalue weighted by Gasteiger charge is 2.08. The van der Waals surface area contributed by atoms with Gasteiger partial charge in [-0.2, -0.15) is 0 Å². The van der Waals surface area contributed by atoms with Crippen molar-refractivity contribution in [1.82, 2.24) is 0 Å². The lowest BCUT2D eigenvalue weighted by Gasteiger charge is -2.06. The Morgan fingerprint density at radius 1 is 1.38 bits per heavy atom. The molecule has 0 unspecified atom stereocenters. The van der Waals surface area contributed by atoms with E-state index in [2.05, 4.69) is 5.32 Å². The average Bonchev–Trinajstić information content (AvgIpc) is 2.75. The van der Waals surface area contributed by atoms with Crippen LogP contribution in [-0.4, -0.2) is 5.91 Å². The molecule has 2 rings (SSSR count). The van der Waals surface area contributed by atoms with Crippen molar-refractivity contribution < 1.29 is 9.18 Å². The van der Waals surface area contributed by atoms with E-state index < -0.39 is 0 Å². The van der Waals surface area contributed by atoms with Crippen molar-refractivity contribution >= 4 is 22.9 Å². The molecule has 1 aromatic heterocycles. The molecule has 2 nitrogen and oxygen atoms in total. The zero-order valence-electron chi connectivity index (χ0n) is 8.66. The van der Waals surface area contributed by atoms with Crippen LogP contribution in [0.4, 0.5) is 10.1 Å². The molecule has 1 aromatic carbocycles. The number of carbonyl (C=O) groups excluding carboxylic acids is 1. The van der Waals surface area contributed by atoms with Gasteiger partial charge >= 0.3 is 0 Å². The Balaban J connectivity index is 2.18. The highest BCUT2D eigenvalue weighted by Crippen LogP contribution is 2.18. The van der Waals surface area contributed by atoms with Crippen molar-refractivity contribution in [2.45, 2.75) is 6.92 Å². The van der Waals surface area contributed by atoms with Gasteiger partial charge in [-0.1, -0.05) is 6.07 Å². The number of nitrogens with one attached hydrogen (secondary N) is 1. The first-order valence-electron chi connectivity index (χ1n) is 4.78. The summed E-state index contributed by atoms with van der Waals surface area (Å²) in [5.74, 6) is -0.462. The minimum absolute atomic E-state index is 0.162. The molecule has 0 aliphatic heterocycles. The SMILES string of the molecule is Cc1cc(F)ccc1NC(=O)c1cccs1. The van der Waals surface area contributed by atoms with Gasteiger partial charge in [-0.25, -0.2) is 4.39 Å². The molecule has 4 heteroatoms. The van der Waals surface area contributed by atoms with Gasteiger partial charge in [-0.15, -0.1) is 11.3 Å². The van der Waals surface area contributed by atoms with Gasteiger partial charge in [0.25, 0.3) is 5.91 Å². The molecular weight excluding hydrogens is 225 g/mol. The molecule has 82 valence electrons. The monoisotopic (exact) mass is 235 g/mol. The molecule has 0 fully saturated rings. The van der Waals surface area contributed by atoms with Gasteiger partial charge in [0.1, 0.15) is 5.82 Å². The maximum atomic E-state index is 12.8. The summed E-state index contributed by atoms with van der Waals surface area (Å²) in [5.41, 5.74) is 1.35. The van der Waals surface area contributed by atoms with Crippen molar-refractivity contribution in [1.29, 1.82) is 0 Å². The highest BCUT2D eigenvalue weighted by atomic mass is 32.1. The lowest BCUT2D eigenvalue weighted by Crippen LogP contribution is -2.11. The number of carbonyl (C=O) groups is 1. The van der Waals surface area contributed by atoms with E-state index in [1.807, 2.05) is 11.4 Å². The van der Waals surface area contributed by atoms with E-state index >= 15 is 0 Å². The molecule has 0 saturated heterocycles. The summed E-state index contributed by atoms with van der Waals surface area (Å²) in [6, 6.07) is 7.85. The largest absolute Gasteiger partial charge is 0.321 e. The highest BCUT2D eigenvalue weighted by molar-refractivity contribution is 7.12. The Bertz CT molecular complexity index is 508. The molecule has 0 aliphatic rings. The number of halogens is 1. The predicted octanol–water partition coefficient (Wildman–Crippen LogP) is 3.45. The van der Waals surface area contributed by atoms with E-state index in [1.165, 1.54) is 23.5 Å². The quantitative estimate of drug-likeness (QED) is 0.848. The molecule has 0 spiro atoms. The minimum Gasteiger partial charge on any atom is -0.321 e. The Hall–Kier alpha value is -1.68. The summed E-state index contributed by atoms with van der Waals surface area (Å²) >= 11 is 1.37. The van der Waals surface area contributed by atoms with Crippen LogP contribution in [-0.2, 0) is 0 Å². The summed E-state index contributed by atoms with van der Waals surface area (Å²) in [6.07, 6.45) is 0. The number of aryl methyl sites for hydroxylation is 1. The molecule has 0 atom stereocenters. The third-order valence-electron chi connectivity index (χ3n) is 2.18. The van der Waals surface area contributed by atoms with Gasteiger partial charge in [-0.3, -0.25) is 4.79 Å². The molecule has 1 amide bonds.